The predicted molar refractivity (Wildman–Crippen MR) is 290 cm³/mol. The molecule has 0 spiro atoms. The first-order chi connectivity index (χ1) is 34.0. The molecular formula is C68H49N. The molecule has 1 nitrogen and oxygen atoms in total. The standard InChI is InChI=1S/C68H49N/c1-67(2)61-30-13-12-29-59(61)66-63(67)32-17-33-65(66)69(56-40-36-49(37-41-56)51-25-15-24-50(42-51)47-20-7-4-8-21-47)57-27-16-26-55(45-57)68(54-38-34-48(35-39-54)46-18-5-3-6-19-46)62-31-14-11-28-58(62)60-43-52-22-9-10-23-53(52)44-64(60)68/h3-45H,1-2H3. The molecule has 0 saturated carbocycles. The van der Waals surface area contributed by atoms with Crippen molar-refractivity contribution in [3.8, 4) is 55.6 Å². The summed E-state index contributed by atoms with van der Waals surface area (Å²) in [7, 11) is 0. The van der Waals surface area contributed by atoms with E-state index in [-0.39, 0.29) is 5.41 Å². The molecule has 2 aliphatic rings. The largest absolute Gasteiger partial charge is 0.310 e. The summed E-state index contributed by atoms with van der Waals surface area (Å²) in [6.07, 6.45) is 0. The highest BCUT2D eigenvalue weighted by molar-refractivity contribution is 5.98. The first kappa shape index (κ1) is 40.7. The minimum atomic E-state index is -0.617. The third-order valence-corrected chi connectivity index (χ3v) is 15.1. The van der Waals surface area contributed by atoms with E-state index in [1.54, 1.807) is 0 Å². The van der Waals surface area contributed by atoms with Crippen LogP contribution in [0.2, 0.25) is 0 Å². The second kappa shape index (κ2) is 16.1. The highest BCUT2D eigenvalue weighted by Crippen LogP contribution is 2.59. The summed E-state index contributed by atoms with van der Waals surface area (Å²) >= 11 is 0. The Morgan fingerprint density at radius 1 is 0.290 bits per heavy atom. The van der Waals surface area contributed by atoms with Crippen LogP contribution in [-0.4, -0.2) is 0 Å². The molecule has 1 unspecified atom stereocenters. The normalized spacial score (nSPS) is 15.0. The van der Waals surface area contributed by atoms with Gasteiger partial charge < -0.3 is 4.90 Å². The van der Waals surface area contributed by atoms with Crippen LogP contribution in [0.15, 0.2) is 261 Å². The molecular weight excluding hydrogens is 831 g/mol. The van der Waals surface area contributed by atoms with Crippen LogP contribution < -0.4 is 4.90 Å². The fraction of sp³-hybridized carbons (Fsp3) is 0.0588. The molecule has 13 rings (SSSR count). The molecule has 0 fully saturated rings. The summed E-state index contributed by atoms with van der Waals surface area (Å²) < 4.78 is 0. The Labute approximate surface area is 405 Å². The number of fused-ring (bicyclic) bond motifs is 7. The van der Waals surface area contributed by atoms with Gasteiger partial charge in [-0.2, -0.15) is 0 Å². The predicted octanol–water partition coefficient (Wildman–Crippen LogP) is 18.0. The molecule has 0 amide bonds. The van der Waals surface area contributed by atoms with Crippen LogP contribution in [0.4, 0.5) is 17.1 Å². The van der Waals surface area contributed by atoms with Gasteiger partial charge in [-0.05, 0) is 143 Å². The molecule has 0 bridgehead atoms. The highest BCUT2D eigenvalue weighted by Gasteiger charge is 2.47. The van der Waals surface area contributed by atoms with Crippen molar-refractivity contribution in [2.45, 2.75) is 24.7 Å². The second-order valence-corrected chi connectivity index (χ2v) is 19.2. The first-order valence-corrected chi connectivity index (χ1v) is 24.2. The Morgan fingerprint density at radius 2 is 0.812 bits per heavy atom. The molecule has 11 aromatic rings. The van der Waals surface area contributed by atoms with E-state index >= 15 is 0 Å². The van der Waals surface area contributed by atoms with E-state index in [0.717, 1.165) is 11.4 Å². The van der Waals surface area contributed by atoms with Gasteiger partial charge in [0.15, 0.2) is 0 Å². The number of anilines is 3. The molecule has 11 aromatic carbocycles. The SMILES string of the molecule is CC1(C)c2ccccc2-c2c(N(c3ccc(-c4cccc(-c5ccccc5)c4)cc3)c3cccc(C4(c5ccc(-c6ccccc6)cc5)c5ccccc5-c5cc6ccccc6cc54)c3)cccc21. The first-order valence-electron chi connectivity index (χ1n) is 24.2. The molecule has 0 saturated heterocycles. The minimum Gasteiger partial charge on any atom is -0.310 e. The quantitative estimate of drug-likeness (QED) is 0.147. The summed E-state index contributed by atoms with van der Waals surface area (Å²) in [4.78, 5) is 2.51. The molecule has 0 radical (unpaired) electrons. The molecule has 0 aliphatic heterocycles. The van der Waals surface area contributed by atoms with Crippen molar-refractivity contribution < 1.29 is 0 Å². The van der Waals surface area contributed by atoms with Crippen LogP contribution in [0.25, 0.3) is 66.4 Å². The van der Waals surface area contributed by atoms with Gasteiger partial charge in [-0.3, -0.25) is 0 Å². The van der Waals surface area contributed by atoms with Crippen LogP contribution in [0.1, 0.15) is 47.2 Å². The fourth-order valence-electron chi connectivity index (χ4n) is 11.8. The number of benzene rings is 11. The number of rotatable bonds is 8. The monoisotopic (exact) mass is 879 g/mol. The van der Waals surface area contributed by atoms with Gasteiger partial charge in [-0.1, -0.05) is 226 Å². The Morgan fingerprint density at radius 3 is 1.54 bits per heavy atom. The van der Waals surface area contributed by atoms with Crippen molar-refractivity contribution in [1.82, 2.24) is 0 Å². The lowest BCUT2D eigenvalue weighted by molar-refractivity contribution is 0.660. The molecule has 2 aliphatic carbocycles. The average molecular weight is 880 g/mol. The van der Waals surface area contributed by atoms with Crippen molar-refractivity contribution in [2.24, 2.45) is 0 Å². The second-order valence-electron chi connectivity index (χ2n) is 19.2. The van der Waals surface area contributed by atoms with Gasteiger partial charge >= 0.3 is 0 Å². The van der Waals surface area contributed by atoms with E-state index in [1.807, 2.05) is 0 Å². The lowest BCUT2D eigenvalue weighted by Gasteiger charge is -2.36. The Kier molecular flexibility index (Phi) is 9.49. The summed E-state index contributed by atoms with van der Waals surface area (Å²) in [5.74, 6) is 0. The number of hydrogen-bond acceptors (Lipinski definition) is 1. The maximum Gasteiger partial charge on any atom is 0.0714 e. The van der Waals surface area contributed by atoms with Crippen LogP contribution >= 0.6 is 0 Å². The summed E-state index contributed by atoms with van der Waals surface area (Å²) in [6, 6.07) is 97.0. The zero-order chi connectivity index (χ0) is 46.1. The van der Waals surface area contributed by atoms with Gasteiger partial charge in [0.05, 0.1) is 11.1 Å². The fourth-order valence-corrected chi connectivity index (χ4v) is 11.8. The Hall–Kier alpha value is -8.52. The summed E-state index contributed by atoms with van der Waals surface area (Å²) in [6.45, 7) is 4.74. The van der Waals surface area contributed by atoms with Crippen molar-refractivity contribution in [2.75, 3.05) is 4.90 Å². The molecule has 0 N–H and O–H groups in total. The van der Waals surface area contributed by atoms with Crippen LogP contribution in [0.5, 0.6) is 0 Å². The van der Waals surface area contributed by atoms with Gasteiger partial charge in [0.1, 0.15) is 0 Å². The third-order valence-electron chi connectivity index (χ3n) is 15.1. The van der Waals surface area contributed by atoms with Crippen LogP contribution in [0.3, 0.4) is 0 Å². The topological polar surface area (TPSA) is 3.24 Å². The molecule has 326 valence electrons. The van der Waals surface area contributed by atoms with Gasteiger partial charge in [-0.25, -0.2) is 0 Å². The molecule has 69 heavy (non-hydrogen) atoms. The van der Waals surface area contributed by atoms with Gasteiger partial charge in [0, 0.05) is 22.4 Å². The zero-order valence-electron chi connectivity index (χ0n) is 38.8. The van der Waals surface area contributed by atoms with Gasteiger partial charge in [0.2, 0.25) is 0 Å². The molecule has 1 atom stereocenters. The minimum absolute atomic E-state index is 0.154. The Bertz CT molecular complexity index is 3730. The molecule has 0 heterocycles. The van der Waals surface area contributed by atoms with E-state index in [9.17, 15) is 0 Å². The lowest BCUT2D eigenvalue weighted by atomic mass is 9.67. The van der Waals surface area contributed by atoms with Gasteiger partial charge in [-0.15, -0.1) is 0 Å². The third kappa shape index (κ3) is 6.46. The zero-order valence-corrected chi connectivity index (χ0v) is 38.8. The summed E-state index contributed by atoms with van der Waals surface area (Å²) in [5, 5.41) is 2.49. The van der Waals surface area contributed by atoms with Crippen molar-refractivity contribution >= 4 is 27.8 Å². The van der Waals surface area contributed by atoms with E-state index in [2.05, 4.69) is 280 Å². The van der Waals surface area contributed by atoms with Crippen molar-refractivity contribution in [1.29, 1.82) is 0 Å². The Balaban J connectivity index is 1.04. The lowest BCUT2D eigenvalue weighted by Crippen LogP contribution is -2.29. The van der Waals surface area contributed by atoms with Crippen molar-refractivity contribution in [3.05, 3.63) is 294 Å². The van der Waals surface area contributed by atoms with E-state index < -0.39 is 5.41 Å². The van der Waals surface area contributed by atoms with Crippen LogP contribution in [-0.2, 0) is 10.8 Å². The van der Waals surface area contributed by atoms with Gasteiger partial charge in [0.25, 0.3) is 0 Å². The maximum absolute atomic E-state index is 2.51. The van der Waals surface area contributed by atoms with E-state index in [4.69, 9.17) is 0 Å². The highest BCUT2D eigenvalue weighted by atomic mass is 15.1. The van der Waals surface area contributed by atoms with Crippen molar-refractivity contribution in [3.63, 3.8) is 0 Å². The smallest absolute Gasteiger partial charge is 0.0714 e. The number of nitrogens with zero attached hydrogens (tertiary/aromatic N) is 1. The van der Waals surface area contributed by atoms with E-state index in [0.29, 0.717) is 0 Å². The molecule has 1 heteroatoms. The summed E-state index contributed by atoms with van der Waals surface area (Å²) in [5.41, 5.74) is 22.7. The number of hydrogen-bond donors (Lipinski definition) is 0. The molecule has 0 aromatic heterocycles. The van der Waals surface area contributed by atoms with Crippen LogP contribution in [0, 0.1) is 0 Å². The average Bonchev–Trinajstić information content (AvgIpc) is 3.84. The maximum atomic E-state index is 2.51. The van der Waals surface area contributed by atoms with E-state index in [1.165, 1.54) is 105 Å².